The minimum atomic E-state index is 0.144. The number of hydrogen-bond acceptors (Lipinski definition) is 6. The quantitative estimate of drug-likeness (QED) is 0.768. The largest absolute Gasteiger partial charge is 0.414 e. The van der Waals surface area contributed by atoms with E-state index >= 15 is 0 Å². The Labute approximate surface area is 156 Å². The zero-order valence-corrected chi connectivity index (χ0v) is 15.5. The second-order valence-electron chi connectivity index (χ2n) is 5.91. The summed E-state index contributed by atoms with van der Waals surface area (Å²) in [6.45, 7) is 2.15. The van der Waals surface area contributed by atoms with Gasteiger partial charge in [-0.05, 0) is 37.1 Å². The van der Waals surface area contributed by atoms with E-state index < -0.39 is 0 Å². The molecule has 0 aliphatic carbocycles. The van der Waals surface area contributed by atoms with Crippen LogP contribution in [0.5, 0.6) is 0 Å². The molecule has 3 rings (SSSR count). The van der Waals surface area contributed by atoms with E-state index in [0.717, 1.165) is 31.6 Å². The maximum atomic E-state index is 12.3. The van der Waals surface area contributed by atoms with E-state index in [9.17, 15) is 4.79 Å². The lowest BCUT2D eigenvalue weighted by Crippen LogP contribution is -2.33. The third kappa shape index (κ3) is 5.64. The summed E-state index contributed by atoms with van der Waals surface area (Å²) >= 11 is 7.15. The van der Waals surface area contributed by atoms with Crippen LogP contribution in [0.15, 0.2) is 33.9 Å². The zero-order chi connectivity index (χ0) is 17.5. The van der Waals surface area contributed by atoms with Crippen molar-refractivity contribution >= 4 is 35.0 Å². The van der Waals surface area contributed by atoms with Crippen LogP contribution in [0.25, 0.3) is 0 Å². The number of amides is 1. The molecule has 1 aliphatic rings. The maximum Gasteiger partial charge on any atom is 0.277 e. The molecular formula is C17H21ClN4O2S. The molecule has 1 N–H and O–H groups in total. The Hall–Kier alpha value is -1.73. The van der Waals surface area contributed by atoms with Gasteiger partial charge in [-0.2, -0.15) is 0 Å². The van der Waals surface area contributed by atoms with Gasteiger partial charge in [0.25, 0.3) is 5.22 Å². The molecule has 0 bridgehead atoms. The summed E-state index contributed by atoms with van der Waals surface area (Å²) in [5.41, 5.74) is 0.924. The fourth-order valence-corrected chi connectivity index (χ4v) is 3.46. The number of carbonyl (C=O) groups excluding carboxylic acids is 1. The first-order chi connectivity index (χ1) is 12.2. The molecule has 1 aromatic carbocycles. The Morgan fingerprint density at radius 3 is 2.60 bits per heavy atom. The van der Waals surface area contributed by atoms with Crippen LogP contribution in [0.1, 0.15) is 31.6 Å². The average molecular weight is 381 g/mol. The molecule has 0 saturated carbocycles. The summed E-state index contributed by atoms with van der Waals surface area (Å²) in [6.07, 6.45) is 4.62. The molecule has 2 heterocycles. The van der Waals surface area contributed by atoms with Crippen molar-refractivity contribution in [2.24, 2.45) is 0 Å². The second-order valence-corrected chi connectivity index (χ2v) is 7.27. The lowest BCUT2D eigenvalue weighted by atomic mass is 10.2. The Morgan fingerprint density at radius 2 is 1.88 bits per heavy atom. The van der Waals surface area contributed by atoms with E-state index in [-0.39, 0.29) is 5.91 Å². The lowest BCUT2D eigenvalue weighted by Gasteiger charge is -2.19. The SMILES string of the molecule is O=C(CSc1nnc(CNc2ccc(Cl)cc2)o1)N1CCCCCC1. The van der Waals surface area contributed by atoms with Crippen LogP contribution >= 0.6 is 23.4 Å². The summed E-state index contributed by atoms with van der Waals surface area (Å²) in [4.78, 5) is 14.2. The highest BCUT2D eigenvalue weighted by Gasteiger charge is 2.17. The third-order valence-electron chi connectivity index (χ3n) is 4.01. The molecule has 0 unspecified atom stereocenters. The Kier molecular flexibility index (Phi) is 6.58. The van der Waals surface area contributed by atoms with E-state index in [1.54, 1.807) is 0 Å². The summed E-state index contributed by atoms with van der Waals surface area (Å²) in [7, 11) is 0. The van der Waals surface area contributed by atoms with Crippen molar-refractivity contribution in [1.29, 1.82) is 0 Å². The van der Waals surface area contributed by atoms with Crippen LogP contribution in [0.3, 0.4) is 0 Å². The van der Waals surface area contributed by atoms with Crippen molar-refractivity contribution in [1.82, 2.24) is 15.1 Å². The second kappa shape index (κ2) is 9.10. The summed E-state index contributed by atoms with van der Waals surface area (Å²) in [5.74, 6) is 0.970. The first kappa shape index (κ1) is 18.1. The fourth-order valence-electron chi connectivity index (χ4n) is 2.65. The van der Waals surface area contributed by atoms with Crippen molar-refractivity contribution in [2.45, 2.75) is 37.5 Å². The predicted molar refractivity (Wildman–Crippen MR) is 98.8 cm³/mol. The first-order valence-corrected chi connectivity index (χ1v) is 9.79. The van der Waals surface area contributed by atoms with E-state index in [2.05, 4.69) is 15.5 Å². The van der Waals surface area contributed by atoms with E-state index in [4.69, 9.17) is 16.0 Å². The van der Waals surface area contributed by atoms with Crippen molar-refractivity contribution in [3.05, 3.63) is 35.2 Å². The normalized spacial score (nSPS) is 15.0. The standard InChI is InChI=1S/C17H21ClN4O2S/c18-13-5-7-14(8-6-13)19-11-15-20-21-17(24-15)25-12-16(23)22-9-3-1-2-4-10-22/h5-8,19H,1-4,9-12H2. The number of nitrogens with one attached hydrogen (secondary N) is 1. The monoisotopic (exact) mass is 380 g/mol. The number of likely N-dealkylation sites (tertiary alicyclic amines) is 1. The number of halogens is 1. The van der Waals surface area contributed by atoms with Crippen molar-refractivity contribution < 1.29 is 9.21 Å². The fraction of sp³-hybridized carbons (Fsp3) is 0.471. The van der Waals surface area contributed by atoms with Gasteiger partial charge in [0.1, 0.15) is 0 Å². The number of rotatable bonds is 6. The molecule has 2 aromatic rings. The smallest absolute Gasteiger partial charge is 0.277 e. The summed E-state index contributed by atoms with van der Waals surface area (Å²) in [6, 6.07) is 7.39. The maximum absolute atomic E-state index is 12.3. The zero-order valence-electron chi connectivity index (χ0n) is 13.9. The Morgan fingerprint density at radius 1 is 1.16 bits per heavy atom. The number of thioether (sulfide) groups is 1. The van der Waals surface area contributed by atoms with Crippen LogP contribution in [0.4, 0.5) is 5.69 Å². The van der Waals surface area contributed by atoms with Crippen LogP contribution in [0.2, 0.25) is 5.02 Å². The molecule has 8 heteroatoms. The molecular weight excluding hydrogens is 360 g/mol. The molecule has 0 radical (unpaired) electrons. The highest BCUT2D eigenvalue weighted by atomic mass is 35.5. The van der Waals surface area contributed by atoms with Crippen LogP contribution < -0.4 is 5.32 Å². The van der Waals surface area contributed by atoms with Gasteiger partial charge in [-0.1, -0.05) is 36.2 Å². The van der Waals surface area contributed by atoms with Gasteiger partial charge in [0, 0.05) is 23.8 Å². The molecule has 1 fully saturated rings. The number of hydrogen-bond donors (Lipinski definition) is 1. The topological polar surface area (TPSA) is 71.3 Å². The van der Waals surface area contributed by atoms with Crippen molar-refractivity contribution in [3.8, 4) is 0 Å². The average Bonchev–Trinajstić information content (AvgIpc) is 2.90. The van der Waals surface area contributed by atoms with E-state index in [0.29, 0.717) is 28.4 Å². The van der Waals surface area contributed by atoms with Gasteiger partial charge < -0.3 is 14.6 Å². The van der Waals surface area contributed by atoms with Gasteiger partial charge in [-0.3, -0.25) is 4.79 Å². The van der Waals surface area contributed by atoms with Crippen LogP contribution in [-0.2, 0) is 11.3 Å². The van der Waals surface area contributed by atoms with E-state index in [1.165, 1.54) is 24.6 Å². The highest BCUT2D eigenvalue weighted by Crippen LogP contribution is 2.19. The number of benzene rings is 1. The number of carbonyl (C=O) groups is 1. The number of aromatic nitrogens is 2. The molecule has 1 saturated heterocycles. The molecule has 0 spiro atoms. The Bertz CT molecular complexity index is 684. The summed E-state index contributed by atoms with van der Waals surface area (Å²) in [5, 5.41) is 12.3. The summed E-state index contributed by atoms with van der Waals surface area (Å²) < 4.78 is 5.57. The molecule has 0 atom stereocenters. The minimum Gasteiger partial charge on any atom is -0.414 e. The molecule has 134 valence electrons. The number of nitrogens with zero attached hydrogens (tertiary/aromatic N) is 3. The molecule has 6 nitrogen and oxygen atoms in total. The predicted octanol–water partition coefficient (Wildman–Crippen LogP) is 3.83. The lowest BCUT2D eigenvalue weighted by molar-refractivity contribution is -0.128. The van der Waals surface area contributed by atoms with Gasteiger partial charge in [-0.15, -0.1) is 10.2 Å². The van der Waals surface area contributed by atoms with Gasteiger partial charge in [0.05, 0.1) is 12.3 Å². The Balaban J connectivity index is 1.44. The number of anilines is 1. The van der Waals surface area contributed by atoms with Crippen molar-refractivity contribution in [3.63, 3.8) is 0 Å². The van der Waals surface area contributed by atoms with Crippen molar-refractivity contribution in [2.75, 3.05) is 24.2 Å². The van der Waals surface area contributed by atoms with Crippen LogP contribution in [0, 0.1) is 0 Å². The minimum absolute atomic E-state index is 0.144. The van der Waals surface area contributed by atoms with Crippen LogP contribution in [-0.4, -0.2) is 39.8 Å². The van der Waals surface area contributed by atoms with Gasteiger partial charge in [-0.25, -0.2) is 0 Å². The van der Waals surface area contributed by atoms with Gasteiger partial charge >= 0.3 is 0 Å². The molecule has 25 heavy (non-hydrogen) atoms. The first-order valence-electron chi connectivity index (χ1n) is 8.43. The molecule has 1 amide bonds. The third-order valence-corrected chi connectivity index (χ3v) is 5.07. The van der Waals surface area contributed by atoms with E-state index in [1.807, 2.05) is 29.2 Å². The molecule has 1 aromatic heterocycles. The highest BCUT2D eigenvalue weighted by molar-refractivity contribution is 7.99. The van der Waals surface area contributed by atoms with Gasteiger partial charge in [0.15, 0.2) is 0 Å². The molecule has 1 aliphatic heterocycles. The van der Waals surface area contributed by atoms with Gasteiger partial charge in [0.2, 0.25) is 11.8 Å².